The molecule has 0 spiro atoms. The molecule has 81 heavy (non-hydrogen) atoms. The molecule has 3 aliphatic heterocycles. The topological polar surface area (TPSA) is 313 Å². The van der Waals surface area contributed by atoms with Crippen LogP contribution in [0, 0.1) is 5.92 Å². The number of ether oxygens (including phenoxy) is 2. The Bertz CT molecular complexity index is 3090. The zero-order chi connectivity index (χ0) is 57.8. The van der Waals surface area contributed by atoms with E-state index in [-0.39, 0.29) is 45.7 Å². The second-order valence-electron chi connectivity index (χ2n) is 20.8. The van der Waals surface area contributed by atoms with Crippen molar-refractivity contribution in [1.82, 2.24) is 49.7 Å². The molecule has 4 aromatic heterocycles. The van der Waals surface area contributed by atoms with E-state index < -0.39 is 105 Å². The van der Waals surface area contributed by atoms with Gasteiger partial charge in [-0.15, -0.1) is 0 Å². The van der Waals surface area contributed by atoms with Crippen molar-refractivity contribution in [3.63, 3.8) is 0 Å². The molecule has 0 saturated carbocycles. The summed E-state index contributed by atoms with van der Waals surface area (Å²) < 4.78 is 86.9. The number of halogens is 2. The molecule has 5 aromatic rings. The van der Waals surface area contributed by atoms with Crippen LogP contribution in [0.15, 0.2) is 54.4 Å². The molecule has 24 nitrogen and oxygen atoms in total. The fourth-order valence-corrected chi connectivity index (χ4v) is 14.6. The van der Waals surface area contributed by atoms with Gasteiger partial charge in [-0.3, -0.25) is 41.9 Å². The Labute approximate surface area is 476 Å². The summed E-state index contributed by atoms with van der Waals surface area (Å²) >= 11 is 5.97. The normalized spacial score (nSPS) is 26.8. The van der Waals surface area contributed by atoms with Gasteiger partial charge in [0.25, 0.3) is 5.56 Å². The van der Waals surface area contributed by atoms with Gasteiger partial charge in [0, 0.05) is 17.9 Å². The first kappa shape index (κ1) is 62.2. The smallest absolute Gasteiger partial charge is 0.382 e. The van der Waals surface area contributed by atoms with Crippen LogP contribution in [0.2, 0.25) is 0 Å². The van der Waals surface area contributed by atoms with Crippen LogP contribution in [0.5, 0.6) is 0 Å². The number of unbranched alkanes of at least 4 members (excludes halogenated alkanes) is 12. The van der Waals surface area contributed by atoms with Gasteiger partial charge in [0.15, 0.2) is 47.4 Å². The van der Waals surface area contributed by atoms with Gasteiger partial charge in [-0.1, -0.05) is 110 Å². The summed E-state index contributed by atoms with van der Waals surface area (Å²) in [5.41, 5.74) is 6.36. The second-order valence-corrected chi connectivity index (χ2v) is 27.6. The van der Waals surface area contributed by atoms with Gasteiger partial charge in [-0.25, -0.2) is 38.3 Å². The van der Waals surface area contributed by atoms with Crippen LogP contribution in [-0.2, 0) is 64.1 Å². The molecule has 444 valence electrons. The first-order chi connectivity index (χ1) is 38.8. The number of nitrogens with two attached hydrogens (primary N) is 1. The summed E-state index contributed by atoms with van der Waals surface area (Å²) in [5.74, 6) is -1.56. The second kappa shape index (κ2) is 28.6. The lowest BCUT2D eigenvalue weighted by atomic mass is 10.0. The predicted molar refractivity (Wildman–Crippen MR) is 302 cm³/mol. The largest absolute Gasteiger partial charge is 0.389 e. The number of nitrogens with zero attached hydrogens (tertiary/aromatic N) is 7. The first-order valence-corrected chi connectivity index (χ1v) is 33.2. The number of nitrogen functional groups attached to an aromatic ring is 1. The molecule has 0 radical (unpaired) electrons. The average molecular weight is 1210 g/mol. The molecular formula is C51H72F2N12O12P2S2. The summed E-state index contributed by atoms with van der Waals surface area (Å²) in [6.07, 6.45) is 6.64. The van der Waals surface area contributed by atoms with Crippen LogP contribution in [-0.4, -0.2) is 124 Å². The van der Waals surface area contributed by atoms with E-state index in [2.05, 4.69) is 52.8 Å². The van der Waals surface area contributed by atoms with Crippen molar-refractivity contribution < 1.29 is 60.2 Å². The SMILES string of the molecule is CCCCCCCCCCCCCCCC(=O)N[C@H](C(=O)N[C@@H](C)C(=O)Nc1ccc(CSP2(=O)OC[C@H]3O[C@@H](n4cnc5c(N)ncnc54)[C@H](F)[C@@H]3OP(O)(=S)OC[C@H]3O[C@@H](n4cnc5c(=O)[nH]cnc54)[C@H](F)[C@@H]3O2)cc1)C(C)C. The van der Waals surface area contributed by atoms with E-state index >= 15 is 13.3 Å². The average Bonchev–Trinajstić information content (AvgIpc) is 3.92. The van der Waals surface area contributed by atoms with Crippen LogP contribution in [0.3, 0.4) is 0 Å². The third-order valence-corrected chi connectivity index (χ3v) is 19.5. The van der Waals surface area contributed by atoms with Crippen molar-refractivity contribution in [3.05, 3.63) is 65.5 Å². The fraction of sp³-hybridized carbons (Fsp3) is 0.627. The Hall–Kier alpha value is -4.86. The summed E-state index contributed by atoms with van der Waals surface area (Å²) in [4.78, 5) is 86.4. The van der Waals surface area contributed by atoms with Gasteiger partial charge >= 0.3 is 13.5 Å². The van der Waals surface area contributed by atoms with E-state index in [1.807, 2.05) is 13.8 Å². The Morgan fingerprint density at radius 1 is 0.790 bits per heavy atom. The van der Waals surface area contributed by atoms with Crippen LogP contribution in [0.4, 0.5) is 20.3 Å². The highest BCUT2D eigenvalue weighted by Crippen LogP contribution is 2.65. The minimum atomic E-state index is -4.61. The molecular weight excluding hydrogens is 1140 g/mol. The summed E-state index contributed by atoms with van der Waals surface area (Å²) in [6, 6.07) is 4.57. The standard InChI is InChI=1S/C51H72F2N12O12P2S2/c1-5-6-7-8-9-10-11-12-13-14-15-16-17-18-36(66)63-39(30(2)3)49(69)61-31(4)47(67)62-33-21-19-32(20-22-33)25-81-79(71)73-24-35-42(37(52)50(75-35)64-28-59-40-44(54)55-26-56-45(40)64)76-78(70,80)72-23-34-43(77-79)38(53)51(74-34)65-29-60-41-46(65)57-27-58-48(41)68/h19-22,26-31,34-35,37-39,42-43,50-51H,5-18,23-25H2,1-4H3,(H,61,69)(H,62,67)(H,63,66)(H,70,80)(H2,54,55,56)(H,57,58,68)/t31-,34+,35+,37+,38+,39-,42+,43+,50+,51+,78?,79?/m0/s1. The molecule has 3 fully saturated rings. The molecule has 0 aliphatic carbocycles. The lowest BCUT2D eigenvalue weighted by Crippen LogP contribution is -2.53. The van der Waals surface area contributed by atoms with Crippen LogP contribution < -0.4 is 27.2 Å². The van der Waals surface area contributed by atoms with Crippen molar-refractivity contribution in [2.75, 3.05) is 24.3 Å². The van der Waals surface area contributed by atoms with Crippen LogP contribution in [0.25, 0.3) is 22.3 Å². The van der Waals surface area contributed by atoms with E-state index in [4.69, 9.17) is 45.1 Å². The summed E-state index contributed by atoms with van der Waals surface area (Å²) in [5, 5.41) is 8.35. The summed E-state index contributed by atoms with van der Waals surface area (Å²) in [7, 11) is 0. The minimum Gasteiger partial charge on any atom is -0.382 e. The van der Waals surface area contributed by atoms with E-state index in [9.17, 15) is 24.1 Å². The van der Waals surface area contributed by atoms with Crippen molar-refractivity contribution >= 4 is 88.3 Å². The molecule has 2 unspecified atom stereocenters. The maximum Gasteiger partial charge on any atom is 0.389 e. The van der Waals surface area contributed by atoms with Gasteiger partial charge in [0.1, 0.15) is 48.3 Å². The van der Waals surface area contributed by atoms with Gasteiger partial charge < -0.3 is 45.6 Å². The van der Waals surface area contributed by atoms with Gasteiger partial charge in [0.05, 0.1) is 32.2 Å². The fourth-order valence-electron chi connectivity index (χ4n) is 9.77. The molecule has 1 aromatic carbocycles. The van der Waals surface area contributed by atoms with E-state index in [1.54, 1.807) is 24.3 Å². The molecule has 7 heterocycles. The molecule has 3 amide bonds. The Morgan fingerprint density at radius 2 is 1.36 bits per heavy atom. The van der Waals surface area contributed by atoms with Crippen LogP contribution in [0.1, 0.15) is 136 Å². The number of nitrogens with one attached hydrogen (secondary N) is 4. The minimum absolute atomic E-state index is 0.0170. The Balaban J connectivity index is 0.887. The number of fused-ring (bicyclic) bond motifs is 4. The number of amides is 3. The maximum absolute atomic E-state index is 17.0. The number of benzene rings is 1. The number of anilines is 2. The molecule has 8 rings (SSSR count). The molecule has 3 aliphatic rings. The Kier molecular flexibility index (Phi) is 22.0. The number of aromatic nitrogens is 8. The number of rotatable bonds is 25. The highest BCUT2D eigenvalue weighted by atomic mass is 32.7. The quantitative estimate of drug-likeness (QED) is 0.0237. The number of imidazole rings is 2. The molecule has 0 bridgehead atoms. The van der Waals surface area contributed by atoms with Crippen molar-refractivity contribution in [1.29, 1.82) is 0 Å². The molecule has 30 heteroatoms. The molecule has 7 N–H and O–H groups in total. The van der Waals surface area contributed by atoms with Crippen molar-refractivity contribution in [2.45, 2.75) is 185 Å². The number of hydrogen-bond donors (Lipinski definition) is 6. The lowest BCUT2D eigenvalue weighted by Gasteiger charge is -2.30. The number of aromatic amines is 1. The van der Waals surface area contributed by atoms with Crippen molar-refractivity contribution in [2.24, 2.45) is 5.92 Å². The van der Waals surface area contributed by atoms with E-state index in [1.165, 1.54) is 75.6 Å². The molecule has 3 saturated heterocycles. The summed E-state index contributed by atoms with van der Waals surface area (Å²) in [6.45, 7) is -3.06. The predicted octanol–water partition coefficient (Wildman–Crippen LogP) is 8.15. The highest BCUT2D eigenvalue weighted by molar-refractivity contribution is 8.54. The van der Waals surface area contributed by atoms with E-state index in [0.717, 1.165) is 49.2 Å². The number of hydrogen-bond acceptors (Lipinski definition) is 19. The number of carbonyl (C=O) groups is 3. The van der Waals surface area contributed by atoms with Crippen molar-refractivity contribution in [3.8, 4) is 0 Å². The Morgan fingerprint density at radius 3 is 1.98 bits per heavy atom. The zero-order valence-corrected chi connectivity index (χ0v) is 49.0. The zero-order valence-electron chi connectivity index (χ0n) is 45.6. The third kappa shape index (κ3) is 16.1. The first-order valence-electron chi connectivity index (χ1n) is 27.5. The number of carbonyl (C=O) groups excluding carboxylic acids is 3. The van der Waals surface area contributed by atoms with E-state index in [0.29, 0.717) is 29.1 Å². The highest BCUT2D eigenvalue weighted by Gasteiger charge is 2.55. The van der Waals surface area contributed by atoms with Crippen LogP contribution >= 0.6 is 24.9 Å². The molecule has 12 atom stereocenters. The monoisotopic (exact) mass is 1210 g/mol. The van der Waals surface area contributed by atoms with Gasteiger partial charge in [-0.05, 0) is 60.1 Å². The lowest BCUT2D eigenvalue weighted by molar-refractivity contribution is -0.131. The third-order valence-electron chi connectivity index (χ3n) is 14.3. The number of H-pyrrole nitrogens is 1. The van der Waals surface area contributed by atoms with Gasteiger partial charge in [0.2, 0.25) is 17.7 Å². The maximum atomic E-state index is 17.0. The van der Waals surface area contributed by atoms with Gasteiger partial charge in [-0.2, -0.15) is 0 Å². The number of alkyl halides is 2.